The van der Waals surface area contributed by atoms with Gasteiger partial charge in [-0.15, -0.1) is 0 Å². The van der Waals surface area contributed by atoms with Gasteiger partial charge in [-0.05, 0) is 23.6 Å². The number of carbonyl (C=O) groups excluding carboxylic acids is 1. The van der Waals surface area contributed by atoms with Gasteiger partial charge in [0.15, 0.2) is 6.10 Å². The maximum absolute atomic E-state index is 12.1. The Morgan fingerprint density at radius 1 is 1.15 bits per heavy atom. The van der Waals surface area contributed by atoms with Gasteiger partial charge < -0.3 is 14.2 Å². The van der Waals surface area contributed by atoms with E-state index in [1.807, 2.05) is 24.3 Å². The smallest absolute Gasteiger partial charge is 0.412 e. The number of hydrogen-bond acceptors (Lipinski definition) is 6. The lowest BCUT2D eigenvalue weighted by atomic mass is 10.0. The Balaban J connectivity index is 1.54. The number of fused-ring (bicyclic) bond motifs is 1. The highest BCUT2D eigenvalue weighted by molar-refractivity contribution is 7.88. The van der Waals surface area contributed by atoms with Crippen LogP contribution < -0.4 is 10.0 Å². The van der Waals surface area contributed by atoms with Crippen molar-refractivity contribution in [3.05, 3.63) is 29.8 Å². The third-order valence-electron chi connectivity index (χ3n) is 4.46. The fraction of sp³-hybridized carbons (Fsp3) is 0.588. The molecular weight excluding hydrogens is 360 g/mol. The molecule has 4 atom stereocenters. The molecule has 1 aromatic rings. The van der Waals surface area contributed by atoms with E-state index in [4.69, 9.17) is 14.2 Å². The lowest BCUT2D eigenvalue weighted by molar-refractivity contribution is 0.00884. The molecule has 26 heavy (non-hydrogen) atoms. The first-order valence-corrected chi connectivity index (χ1v) is 10.4. The molecule has 1 amide bonds. The van der Waals surface area contributed by atoms with Crippen molar-refractivity contribution in [1.82, 2.24) is 4.72 Å². The van der Waals surface area contributed by atoms with E-state index in [1.165, 1.54) is 5.56 Å². The SMILES string of the molecule is CC(C)c1ccc(NC(=O)OC2COC3C(NS(C)(=O)=O)COC23)cc1. The number of ether oxygens (including phenoxy) is 3. The Kier molecular flexibility index (Phi) is 5.52. The van der Waals surface area contributed by atoms with Gasteiger partial charge in [0.1, 0.15) is 12.2 Å². The van der Waals surface area contributed by atoms with Crippen LogP contribution >= 0.6 is 0 Å². The predicted octanol–water partition coefficient (Wildman–Crippen LogP) is 1.44. The minimum atomic E-state index is -3.37. The van der Waals surface area contributed by atoms with Gasteiger partial charge in [-0.25, -0.2) is 17.9 Å². The lowest BCUT2D eigenvalue weighted by Crippen LogP contribution is -2.44. The van der Waals surface area contributed by atoms with E-state index < -0.39 is 40.5 Å². The fourth-order valence-corrected chi connectivity index (χ4v) is 3.93. The summed E-state index contributed by atoms with van der Waals surface area (Å²) in [6.45, 7) is 4.54. The molecule has 4 unspecified atom stereocenters. The van der Waals surface area contributed by atoms with E-state index in [-0.39, 0.29) is 13.2 Å². The van der Waals surface area contributed by atoms with Crippen molar-refractivity contribution >= 4 is 21.8 Å². The normalized spacial score (nSPS) is 28.2. The number of rotatable bonds is 5. The molecule has 2 N–H and O–H groups in total. The molecule has 1 aromatic carbocycles. The van der Waals surface area contributed by atoms with Gasteiger partial charge in [-0.3, -0.25) is 5.32 Å². The van der Waals surface area contributed by atoms with E-state index in [0.717, 1.165) is 6.26 Å². The Labute approximate surface area is 153 Å². The molecule has 144 valence electrons. The van der Waals surface area contributed by atoms with E-state index in [9.17, 15) is 13.2 Å². The summed E-state index contributed by atoms with van der Waals surface area (Å²) < 4.78 is 41.8. The van der Waals surface area contributed by atoms with Crippen molar-refractivity contribution < 1.29 is 27.4 Å². The second-order valence-electron chi connectivity index (χ2n) is 6.94. The lowest BCUT2D eigenvalue weighted by Gasteiger charge is -2.17. The molecule has 0 bridgehead atoms. The number of hydrogen-bond donors (Lipinski definition) is 2. The van der Waals surface area contributed by atoms with Gasteiger partial charge in [0.25, 0.3) is 0 Å². The summed E-state index contributed by atoms with van der Waals surface area (Å²) in [5.41, 5.74) is 1.82. The summed E-state index contributed by atoms with van der Waals surface area (Å²) >= 11 is 0. The molecule has 0 spiro atoms. The maximum Gasteiger partial charge on any atom is 0.412 e. The third kappa shape index (κ3) is 4.53. The number of nitrogens with one attached hydrogen (secondary N) is 2. The zero-order valence-corrected chi connectivity index (χ0v) is 15.8. The van der Waals surface area contributed by atoms with Crippen molar-refractivity contribution in [2.75, 3.05) is 24.8 Å². The highest BCUT2D eigenvalue weighted by atomic mass is 32.2. The Bertz CT molecular complexity index is 749. The first kappa shape index (κ1) is 19.1. The minimum absolute atomic E-state index is 0.164. The summed E-state index contributed by atoms with van der Waals surface area (Å²) in [4.78, 5) is 12.1. The fourth-order valence-electron chi connectivity index (χ4n) is 3.18. The molecular formula is C17H24N2O6S. The molecule has 2 aliphatic rings. The molecule has 3 rings (SSSR count). The highest BCUT2D eigenvalue weighted by Gasteiger charge is 2.50. The van der Waals surface area contributed by atoms with Crippen LogP contribution in [0.1, 0.15) is 25.3 Å². The molecule has 2 saturated heterocycles. The van der Waals surface area contributed by atoms with Crippen LogP contribution in [0.2, 0.25) is 0 Å². The summed E-state index contributed by atoms with van der Waals surface area (Å²) in [5, 5.41) is 2.68. The zero-order valence-electron chi connectivity index (χ0n) is 15.0. The quantitative estimate of drug-likeness (QED) is 0.796. The van der Waals surface area contributed by atoms with Gasteiger partial charge in [-0.2, -0.15) is 0 Å². The zero-order chi connectivity index (χ0) is 18.9. The van der Waals surface area contributed by atoms with Crippen LogP contribution in [0.5, 0.6) is 0 Å². The molecule has 0 aliphatic carbocycles. The first-order chi connectivity index (χ1) is 12.2. The molecule has 0 aromatic heterocycles. The van der Waals surface area contributed by atoms with Crippen molar-refractivity contribution in [1.29, 1.82) is 0 Å². The highest BCUT2D eigenvalue weighted by Crippen LogP contribution is 2.29. The molecule has 0 radical (unpaired) electrons. The second kappa shape index (κ2) is 7.51. The van der Waals surface area contributed by atoms with E-state index in [0.29, 0.717) is 11.6 Å². The van der Waals surface area contributed by atoms with Crippen molar-refractivity contribution in [2.45, 2.75) is 44.1 Å². The summed E-state index contributed by atoms with van der Waals surface area (Å²) in [6.07, 6.45) is -1.04. The van der Waals surface area contributed by atoms with Crippen LogP contribution in [0.25, 0.3) is 0 Å². The molecule has 8 nitrogen and oxygen atoms in total. The topological polar surface area (TPSA) is 103 Å². The van der Waals surface area contributed by atoms with Crippen LogP contribution in [0.3, 0.4) is 0 Å². The molecule has 2 heterocycles. The second-order valence-corrected chi connectivity index (χ2v) is 8.72. The number of benzene rings is 1. The monoisotopic (exact) mass is 384 g/mol. The number of anilines is 1. The number of carbonyl (C=O) groups is 1. The van der Waals surface area contributed by atoms with Crippen LogP contribution in [-0.4, -0.2) is 58.3 Å². The largest absolute Gasteiger partial charge is 0.441 e. The molecule has 2 fully saturated rings. The number of amides is 1. The van der Waals surface area contributed by atoms with Gasteiger partial charge in [-0.1, -0.05) is 26.0 Å². The molecule has 2 aliphatic heterocycles. The van der Waals surface area contributed by atoms with Crippen molar-refractivity contribution in [3.63, 3.8) is 0 Å². The summed E-state index contributed by atoms with van der Waals surface area (Å²) in [7, 11) is -3.37. The van der Waals surface area contributed by atoms with Gasteiger partial charge >= 0.3 is 6.09 Å². The van der Waals surface area contributed by atoms with Crippen molar-refractivity contribution in [2.24, 2.45) is 0 Å². The van der Waals surface area contributed by atoms with Gasteiger partial charge in [0.05, 0.1) is 25.5 Å². The van der Waals surface area contributed by atoms with E-state index in [2.05, 4.69) is 23.9 Å². The Morgan fingerprint density at radius 2 is 1.81 bits per heavy atom. The van der Waals surface area contributed by atoms with E-state index in [1.54, 1.807) is 0 Å². The van der Waals surface area contributed by atoms with E-state index >= 15 is 0 Å². The summed E-state index contributed by atoms with van der Waals surface area (Å²) in [5.74, 6) is 0.413. The standard InChI is InChI=1S/C17H24N2O6S/c1-10(2)11-4-6-12(7-5-11)18-17(20)25-14-9-24-15-13(8-23-16(14)15)19-26(3,21)22/h4-7,10,13-16,19H,8-9H2,1-3H3,(H,18,20). The van der Waals surface area contributed by atoms with Crippen LogP contribution in [0, 0.1) is 0 Å². The third-order valence-corrected chi connectivity index (χ3v) is 5.19. The average molecular weight is 384 g/mol. The van der Waals surface area contributed by atoms with Crippen LogP contribution in [-0.2, 0) is 24.2 Å². The molecule has 9 heteroatoms. The van der Waals surface area contributed by atoms with Crippen LogP contribution in [0.15, 0.2) is 24.3 Å². The van der Waals surface area contributed by atoms with Gasteiger partial charge in [0.2, 0.25) is 10.0 Å². The Morgan fingerprint density at radius 3 is 2.42 bits per heavy atom. The maximum atomic E-state index is 12.1. The average Bonchev–Trinajstić information content (AvgIpc) is 3.10. The predicted molar refractivity (Wildman–Crippen MR) is 95.7 cm³/mol. The van der Waals surface area contributed by atoms with Crippen LogP contribution in [0.4, 0.5) is 10.5 Å². The van der Waals surface area contributed by atoms with Crippen molar-refractivity contribution in [3.8, 4) is 0 Å². The summed E-state index contributed by atoms with van der Waals surface area (Å²) in [6, 6.07) is 7.08. The van der Waals surface area contributed by atoms with Gasteiger partial charge in [0, 0.05) is 5.69 Å². The Hall–Kier alpha value is -1.68. The number of sulfonamides is 1. The first-order valence-electron chi connectivity index (χ1n) is 8.51. The molecule has 0 saturated carbocycles. The minimum Gasteiger partial charge on any atom is -0.441 e.